The molecule has 1 heterocycles. The summed E-state index contributed by atoms with van der Waals surface area (Å²) in [6.45, 7) is 1.24. The molecule has 1 aromatic heterocycles. The van der Waals surface area contributed by atoms with Crippen LogP contribution in [0.25, 0.3) is 0 Å². The fraction of sp³-hybridized carbons (Fsp3) is 0.333. The zero-order valence-electron chi connectivity index (χ0n) is 14.1. The van der Waals surface area contributed by atoms with Crippen LogP contribution in [0, 0.1) is 13.8 Å². The summed E-state index contributed by atoms with van der Waals surface area (Å²) in [5.74, 6) is -0.726. The third-order valence-corrected chi connectivity index (χ3v) is 5.07. The maximum atomic E-state index is 12.4. The highest BCUT2D eigenvalue weighted by Crippen LogP contribution is 2.21. The van der Waals surface area contributed by atoms with Gasteiger partial charge in [0.15, 0.2) is 5.76 Å². The molecule has 26 heavy (non-hydrogen) atoms. The first-order valence-electron chi connectivity index (χ1n) is 7.41. The van der Waals surface area contributed by atoms with Gasteiger partial charge in [-0.15, -0.1) is 0 Å². The number of hydrogen-bond donors (Lipinski definition) is 2. The summed E-state index contributed by atoms with van der Waals surface area (Å²) in [5, 5.41) is 5.99. The number of sulfonamides is 1. The number of amides is 1. The standard InChI is InChI=1S/C15H17F2N3O5S/c1-8-13(10(3)25-19-8)26(22,23)20-9(2)14(21)18-11-5-4-6-12(7-11)24-15(16)17/h4-7,9,15,20H,1-3H3,(H,18,21)/t9-/m0/s1. The van der Waals surface area contributed by atoms with Crippen LogP contribution in [0.2, 0.25) is 0 Å². The maximum absolute atomic E-state index is 12.4. The molecule has 11 heteroatoms. The second kappa shape index (κ2) is 7.79. The van der Waals surface area contributed by atoms with Crippen LogP contribution in [0.15, 0.2) is 33.7 Å². The Balaban J connectivity index is 2.08. The Morgan fingerprint density at radius 2 is 2.00 bits per heavy atom. The number of carbonyl (C=O) groups is 1. The lowest BCUT2D eigenvalue weighted by molar-refractivity contribution is -0.117. The van der Waals surface area contributed by atoms with Crippen molar-refractivity contribution in [2.75, 3.05) is 5.32 Å². The molecule has 0 radical (unpaired) electrons. The summed E-state index contributed by atoms with van der Waals surface area (Å²) in [6.07, 6.45) is 0. The zero-order valence-corrected chi connectivity index (χ0v) is 14.9. The molecule has 0 saturated carbocycles. The fourth-order valence-corrected chi connectivity index (χ4v) is 3.74. The monoisotopic (exact) mass is 389 g/mol. The van der Waals surface area contributed by atoms with Gasteiger partial charge in [0.2, 0.25) is 15.9 Å². The molecule has 2 rings (SSSR count). The van der Waals surface area contributed by atoms with Crippen molar-refractivity contribution in [2.24, 2.45) is 0 Å². The van der Waals surface area contributed by atoms with Crippen molar-refractivity contribution in [3.05, 3.63) is 35.7 Å². The summed E-state index contributed by atoms with van der Waals surface area (Å²) in [4.78, 5) is 12.1. The number of hydrogen-bond acceptors (Lipinski definition) is 6. The van der Waals surface area contributed by atoms with E-state index in [1.165, 1.54) is 45.0 Å². The van der Waals surface area contributed by atoms with Crippen LogP contribution in [-0.2, 0) is 14.8 Å². The summed E-state index contributed by atoms with van der Waals surface area (Å²) < 4.78 is 60.5. The molecule has 0 fully saturated rings. The quantitative estimate of drug-likeness (QED) is 0.751. The largest absolute Gasteiger partial charge is 0.435 e. The highest BCUT2D eigenvalue weighted by molar-refractivity contribution is 7.89. The second-order valence-electron chi connectivity index (χ2n) is 5.39. The normalized spacial score (nSPS) is 12.8. The molecule has 0 aliphatic carbocycles. The molecule has 0 aliphatic heterocycles. The van der Waals surface area contributed by atoms with Crippen LogP contribution in [0.5, 0.6) is 5.75 Å². The summed E-state index contributed by atoms with van der Waals surface area (Å²) >= 11 is 0. The minimum atomic E-state index is -4.03. The van der Waals surface area contributed by atoms with Gasteiger partial charge in [-0.2, -0.15) is 13.5 Å². The van der Waals surface area contributed by atoms with Crippen LogP contribution in [0.4, 0.5) is 14.5 Å². The fourth-order valence-electron chi connectivity index (χ4n) is 2.20. The van der Waals surface area contributed by atoms with Crippen molar-refractivity contribution in [1.29, 1.82) is 0 Å². The van der Waals surface area contributed by atoms with Crippen molar-refractivity contribution >= 4 is 21.6 Å². The van der Waals surface area contributed by atoms with Crippen molar-refractivity contribution in [3.8, 4) is 5.75 Å². The number of ether oxygens (including phenoxy) is 1. The topological polar surface area (TPSA) is 111 Å². The van der Waals surface area contributed by atoms with Crippen LogP contribution in [0.3, 0.4) is 0 Å². The maximum Gasteiger partial charge on any atom is 0.387 e. The molecule has 8 nitrogen and oxygen atoms in total. The Kier molecular flexibility index (Phi) is 5.93. The highest BCUT2D eigenvalue weighted by atomic mass is 32.2. The van der Waals surface area contributed by atoms with Crippen LogP contribution >= 0.6 is 0 Å². The lowest BCUT2D eigenvalue weighted by Gasteiger charge is -2.15. The van der Waals surface area contributed by atoms with Gasteiger partial charge in [0, 0.05) is 11.8 Å². The average molecular weight is 389 g/mol. The molecule has 0 unspecified atom stereocenters. The summed E-state index contributed by atoms with van der Waals surface area (Å²) in [5.41, 5.74) is 0.344. The third kappa shape index (κ3) is 4.76. The summed E-state index contributed by atoms with van der Waals surface area (Å²) in [7, 11) is -4.03. The van der Waals surface area contributed by atoms with Crippen LogP contribution in [-0.4, -0.2) is 32.1 Å². The Hall–Kier alpha value is -2.53. The van der Waals surface area contributed by atoms with Gasteiger partial charge >= 0.3 is 6.61 Å². The molecule has 1 atom stereocenters. The van der Waals surface area contributed by atoms with E-state index < -0.39 is 28.6 Å². The number of alkyl halides is 2. The number of aromatic nitrogens is 1. The molecule has 1 amide bonds. The predicted octanol–water partition coefficient (Wildman–Crippen LogP) is 2.20. The van der Waals surface area contributed by atoms with E-state index in [1.807, 2.05) is 0 Å². The molecule has 0 spiro atoms. The zero-order chi connectivity index (χ0) is 19.5. The Morgan fingerprint density at radius 1 is 1.31 bits per heavy atom. The minimum absolute atomic E-state index is 0.0967. The van der Waals surface area contributed by atoms with E-state index in [0.29, 0.717) is 0 Å². The van der Waals surface area contributed by atoms with E-state index in [0.717, 1.165) is 0 Å². The van der Waals surface area contributed by atoms with Crippen LogP contribution in [0.1, 0.15) is 18.4 Å². The molecular formula is C15H17F2N3O5S. The molecular weight excluding hydrogens is 372 g/mol. The van der Waals surface area contributed by atoms with E-state index in [1.54, 1.807) is 0 Å². The van der Waals surface area contributed by atoms with Crippen molar-refractivity contribution < 1.29 is 31.3 Å². The van der Waals surface area contributed by atoms with E-state index >= 15 is 0 Å². The van der Waals surface area contributed by atoms with Crippen molar-refractivity contribution in [2.45, 2.75) is 38.3 Å². The van der Waals surface area contributed by atoms with Gasteiger partial charge in [0.1, 0.15) is 16.3 Å². The number of aryl methyl sites for hydroxylation is 2. The van der Waals surface area contributed by atoms with E-state index in [9.17, 15) is 22.0 Å². The van der Waals surface area contributed by atoms with E-state index in [-0.39, 0.29) is 27.8 Å². The molecule has 1 aromatic carbocycles. The van der Waals surface area contributed by atoms with E-state index in [4.69, 9.17) is 4.52 Å². The molecule has 2 N–H and O–H groups in total. The smallest absolute Gasteiger partial charge is 0.387 e. The molecule has 0 bridgehead atoms. The summed E-state index contributed by atoms with van der Waals surface area (Å²) in [6, 6.07) is 4.20. The molecule has 2 aromatic rings. The Morgan fingerprint density at radius 3 is 2.58 bits per heavy atom. The van der Waals surface area contributed by atoms with Gasteiger partial charge in [-0.25, -0.2) is 8.42 Å². The number of nitrogens with one attached hydrogen (secondary N) is 2. The second-order valence-corrected chi connectivity index (χ2v) is 7.04. The van der Waals surface area contributed by atoms with Gasteiger partial charge in [-0.05, 0) is 32.9 Å². The Labute approximate surface area is 148 Å². The van der Waals surface area contributed by atoms with Gasteiger partial charge in [-0.3, -0.25) is 4.79 Å². The van der Waals surface area contributed by atoms with Gasteiger partial charge in [-0.1, -0.05) is 11.2 Å². The van der Waals surface area contributed by atoms with Gasteiger partial charge in [0.25, 0.3) is 0 Å². The minimum Gasteiger partial charge on any atom is -0.435 e. The number of benzene rings is 1. The predicted molar refractivity (Wildman–Crippen MR) is 87.5 cm³/mol. The number of anilines is 1. The highest BCUT2D eigenvalue weighted by Gasteiger charge is 2.28. The lowest BCUT2D eigenvalue weighted by Crippen LogP contribution is -2.41. The number of carbonyl (C=O) groups excluding carboxylic acids is 1. The molecule has 0 saturated heterocycles. The van der Waals surface area contributed by atoms with Crippen molar-refractivity contribution in [1.82, 2.24) is 9.88 Å². The molecule has 142 valence electrons. The van der Waals surface area contributed by atoms with E-state index in [2.05, 4.69) is 19.9 Å². The van der Waals surface area contributed by atoms with Gasteiger partial charge < -0.3 is 14.6 Å². The average Bonchev–Trinajstić information content (AvgIpc) is 2.86. The van der Waals surface area contributed by atoms with Crippen molar-refractivity contribution in [3.63, 3.8) is 0 Å². The first-order valence-corrected chi connectivity index (χ1v) is 8.89. The third-order valence-electron chi connectivity index (χ3n) is 3.29. The lowest BCUT2D eigenvalue weighted by atomic mass is 10.2. The number of halogens is 2. The first kappa shape index (κ1) is 19.8. The van der Waals surface area contributed by atoms with Gasteiger partial charge in [0.05, 0.1) is 6.04 Å². The number of nitrogens with zero attached hydrogens (tertiary/aromatic N) is 1. The Bertz CT molecular complexity index is 879. The SMILES string of the molecule is Cc1noc(C)c1S(=O)(=O)N[C@@H](C)C(=O)Nc1cccc(OC(F)F)c1. The number of rotatable bonds is 7. The first-order chi connectivity index (χ1) is 12.1. The molecule has 0 aliphatic rings. The van der Waals surface area contributed by atoms with Crippen LogP contribution < -0.4 is 14.8 Å².